The smallest absolute Gasteiger partial charge is 0.0645 e. The molecule has 0 aromatic rings. The highest BCUT2D eigenvalue weighted by Crippen LogP contribution is 2.20. The van der Waals surface area contributed by atoms with Gasteiger partial charge in [0, 0.05) is 31.0 Å². The maximum Gasteiger partial charge on any atom is 0.0645 e. The molecular formula is C11H22N4O. The molecule has 0 aliphatic carbocycles. The molecule has 0 aromatic heterocycles. The Morgan fingerprint density at radius 3 is 2.44 bits per heavy atom. The first kappa shape index (κ1) is 11.7. The zero-order valence-electron chi connectivity index (χ0n) is 9.93. The predicted molar refractivity (Wildman–Crippen MR) is 63.2 cm³/mol. The van der Waals surface area contributed by atoms with Crippen LogP contribution in [0.15, 0.2) is 11.9 Å². The van der Waals surface area contributed by atoms with Crippen LogP contribution < -0.4 is 11.6 Å². The molecule has 2 heterocycles. The van der Waals surface area contributed by atoms with Crippen molar-refractivity contribution >= 4 is 0 Å². The minimum atomic E-state index is 0.427. The normalized spacial score (nSPS) is 25.5. The Bertz CT molecular complexity index is 253. The van der Waals surface area contributed by atoms with E-state index in [0.29, 0.717) is 12.1 Å². The van der Waals surface area contributed by atoms with Gasteiger partial charge in [0.25, 0.3) is 0 Å². The number of hydrogen-bond donors (Lipinski definition) is 2. The van der Waals surface area contributed by atoms with Crippen molar-refractivity contribution in [2.24, 2.45) is 11.6 Å². The van der Waals surface area contributed by atoms with E-state index >= 15 is 0 Å². The summed E-state index contributed by atoms with van der Waals surface area (Å²) in [6.07, 6.45) is 4.04. The van der Waals surface area contributed by atoms with E-state index in [1.807, 2.05) is 13.1 Å². The highest BCUT2D eigenvalue weighted by atomic mass is 16.5. The van der Waals surface area contributed by atoms with Gasteiger partial charge < -0.3 is 15.5 Å². The second-order valence-corrected chi connectivity index (χ2v) is 4.78. The zero-order valence-corrected chi connectivity index (χ0v) is 9.93. The van der Waals surface area contributed by atoms with Gasteiger partial charge in [0.05, 0.1) is 19.3 Å². The fraction of sp³-hybridized carbons (Fsp3) is 0.818. The van der Waals surface area contributed by atoms with Gasteiger partial charge >= 0.3 is 0 Å². The largest absolute Gasteiger partial charge is 0.401 e. The fourth-order valence-corrected chi connectivity index (χ4v) is 2.32. The van der Waals surface area contributed by atoms with Crippen LogP contribution in [0.2, 0.25) is 0 Å². The molecule has 0 radical (unpaired) electrons. The van der Waals surface area contributed by atoms with Crippen molar-refractivity contribution in [3.05, 3.63) is 11.9 Å². The average Bonchev–Trinajstić information content (AvgIpc) is 2.15. The number of rotatable bonds is 3. The summed E-state index contributed by atoms with van der Waals surface area (Å²) in [6.45, 7) is 5.89. The molecule has 2 saturated heterocycles. The molecule has 4 N–H and O–H groups in total. The Hall–Kier alpha value is -0.780. The van der Waals surface area contributed by atoms with E-state index in [4.69, 9.17) is 16.3 Å². The Morgan fingerprint density at radius 2 is 2.00 bits per heavy atom. The van der Waals surface area contributed by atoms with Crippen LogP contribution in [0.1, 0.15) is 19.8 Å². The summed E-state index contributed by atoms with van der Waals surface area (Å²) in [5, 5.41) is 1.77. The van der Waals surface area contributed by atoms with Crippen molar-refractivity contribution in [3.8, 4) is 0 Å². The number of hydrazine groups is 1. The minimum Gasteiger partial charge on any atom is -0.401 e. The van der Waals surface area contributed by atoms with Crippen LogP contribution in [0, 0.1) is 0 Å². The lowest BCUT2D eigenvalue weighted by Gasteiger charge is -2.42. The summed E-state index contributed by atoms with van der Waals surface area (Å²) in [4.78, 5) is 2.51. The molecule has 0 unspecified atom stereocenters. The highest BCUT2D eigenvalue weighted by molar-refractivity contribution is 4.93. The van der Waals surface area contributed by atoms with E-state index in [0.717, 1.165) is 44.8 Å². The van der Waals surface area contributed by atoms with Crippen LogP contribution in [0.3, 0.4) is 0 Å². The second-order valence-electron chi connectivity index (χ2n) is 4.78. The molecule has 0 bridgehead atoms. The Morgan fingerprint density at radius 1 is 1.38 bits per heavy atom. The standard InChI is InChI=1S/C11H22N4O/c1-9(12)6-15(13)10-2-4-14(5-3-10)11-7-16-8-11/h6,10-11H,2-5,7-8,12-13H2,1H3/b9-6-. The second kappa shape index (κ2) is 5.03. The molecular weight excluding hydrogens is 204 g/mol. The molecule has 2 aliphatic rings. The first-order chi connectivity index (χ1) is 7.66. The predicted octanol–water partition coefficient (Wildman–Crippen LogP) is -0.155. The van der Waals surface area contributed by atoms with Crippen molar-refractivity contribution < 1.29 is 4.74 Å². The van der Waals surface area contributed by atoms with Crippen LogP contribution >= 0.6 is 0 Å². The van der Waals surface area contributed by atoms with Crippen molar-refractivity contribution in [1.29, 1.82) is 0 Å². The van der Waals surface area contributed by atoms with E-state index in [1.54, 1.807) is 5.01 Å². The van der Waals surface area contributed by atoms with Crippen molar-refractivity contribution in [2.75, 3.05) is 26.3 Å². The van der Waals surface area contributed by atoms with Gasteiger partial charge in [-0.05, 0) is 19.8 Å². The van der Waals surface area contributed by atoms with Crippen LogP contribution in [-0.4, -0.2) is 48.3 Å². The van der Waals surface area contributed by atoms with Gasteiger partial charge in [-0.2, -0.15) is 0 Å². The maximum absolute atomic E-state index is 5.95. The summed E-state index contributed by atoms with van der Waals surface area (Å²) in [6, 6.07) is 1.08. The van der Waals surface area contributed by atoms with Gasteiger partial charge in [0.2, 0.25) is 0 Å². The molecule has 0 aromatic carbocycles. The lowest BCUT2D eigenvalue weighted by atomic mass is 10.0. The molecule has 0 spiro atoms. The lowest BCUT2D eigenvalue weighted by molar-refractivity contribution is -0.0748. The molecule has 2 fully saturated rings. The molecule has 2 aliphatic heterocycles. The summed E-state index contributed by atoms with van der Waals surface area (Å²) >= 11 is 0. The Balaban J connectivity index is 1.77. The summed E-state index contributed by atoms with van der Waals surface area (Å²) in [5.74, 6) is 5.95. The number of ether oxygens (including phenoxy) is 1. The fourth-order valence-electron chi connectivity index (χ4n) is 2.32. The van der Waals surface area contributed by atoms with E-state index in [9.17, 15) is 0 Å². The number of piperidine rings is 1. The van der Waals surface area contributed by atoms with Gasteiger partial charge in [-0.1, -0.05) is 0 Å². The summed E-state index contributed by atoms with van der Waals surface area (Å²) in [5.41, 5.74) is 6.38. The van der Waals surface area contributed by atoms with E-state index in [2.05, 4.69) is 4.90 Å². The van der Waals surface area contributed by atoms with Crippen LogP contribution in [-0.2, 0) is 4.74 Å². The van der Waals surface area contributed by atoms with Gasteiger partial charge in [0.15, 0.2) is 0 Å². The number of nitrogens with zero attached hydrogens (tertiary/aromatic N) is 2. The lowest BCUT2D eigenvalue weighted by Crippen LogP contribution is -2.54. The van der Waals surface area contributed by atoms with Crippen LogP contribution in [0.5, 0.6) is 0 Å². The number of allylic oxidation sites excluding steroid dienone is 1. The first-order valence-electron chi connectivity index (χ1n) is 5.95. The van der Waals surface area contributed by atoms with Gasteiger partial charge in [-0.25, -0.2) is 5.84 Å². The molecule has 0 amide bonds. The van der Waals surface area contributed by atoms with Crippen molar-refractivity contribution in [2.45, 2.75) is 31.8 Å². The third kappa shape index (κ3) is 2.66. The molecule has 0 saturated carbocycles. The van der Waals surface area contributed by atoms with E-state index in [-0.39, 0.29) is 0 Å². The third-order valence-corrected chi connectivity index (χ3v) is 3.41. The van der Waals surface area contributed by atoms with Crippen LogP contribution in [0.4, 0.5) is 0 Å². The first-order valence-corrected chi connectivity index (χ1v) is 5.95. The highest BCUT2D eigenvalue weighted by Gasteiger charge is 2.30. The zero-order chi connectivity index (χ0) is 11.5. The molecule has 2 rings (SSSR count). The Kier molecular flexibility index (Phi) is 3.68. The molecule has 16 heavy (non-hydrogen) atoms. The van der Waals surface area contributed by atoms with E-state index < -0.39 is 0 Å². The minimum absolute atomic E-state index is 0.427. The van der Waals surface area contributed by atoms with Gasteiger partial charge in [0.1, 0.15) is 0 Å². The number of likely N-dealkylation sites (tertiary alicyclic amines) is 1. The monoisotopic (exact) mass is 226 g/mol. The van der Waals surface area contributed by atoms with Gasteiger partial charge in [-0.15, -0.1) is 0 Å². The maximum atomic E-state index is 5.95. The van der Waals surface area contributed by atoms with E-state index in [1.165, 1.54) is 0 Å². The number of nitrogens with two attached hydrogens (primary N) is 2. The topological polar surface area (TPSA) is 67.8 Å². The average molecular weight is 226 g/mol. The van der Waals surface area contributed by atoms with Crippen molar-refractivity contribution in [3.63, 3.8) is 0 Å². The molecule has 5 heteroatoms. The number of hydrogen-bond acceptors (Lipinski definition) is 5. The Labute approximate surface area is 97.0 Å². The third-order valence-electron chi connectivity index (χ3n) is 3.41. The molecule has 0 atom stereocenters. The van der Waals surface area contributed by atoms with Crippen molar-refractivity contribution in [1.82, 2.24) is 9.91 Å². The van der Waals surface area contributed by atoms with Crippen LogP contribution in [0.25, 0.3) is 0 Å². The summed E-state index contributed by atoms with van der Waals surface area (Å²) in [7, 11) is 0. The SMILES string of the molecule is C/C(N)=C/N(N)C1CCN(C2COC2)CC1. The molecule has 92 valence electrons. The quantitative estimate of drug-likeness (QED) is 0.517. The molecule has 5 nitrogen and oxygen atoms in total. The van der Waals surface area contributed by atoms with Gasteiger partial charge in [-0.3, -0.25) is 4.90 Å². The summed E-state index contributed by atoms with van der Waals surface area (Å²) < 4.78 is 5.21.